The second-order valence-electron chi connectivity index (χ2n) is 3.77. The van der Waals surface area contributed by atoms with Gasteiger partial charge in [-0.2, -0.15) is 11.3 Å². The minimum atomic E-state index is -0.0881. The third kappa shape index (κ3) is 4.21. The van der Waals surface area contributed by atoms with Crippen LogP contribution < -0.4 is 11.1 Å². The molecule has 1 amide bonds. The number of hydrogen-bond donors (Lipinski definition) is 2. The fraction of sp³-hybridized carbons (Fsp3) is 0.143. The zero-order valence-corrected chi connectivity index (χ0v) is 11.0. The Morgan fingerprint density at radius 1 is 1.42 bits per heavy atom. The Bertz CT molecular complexity index is 611. The third-order valence-electron chi connectivity index (χ3n) is 2.28. The normalized spacial score (nSPS) is 9.53. The van der Waals surface area contributed by atoms with Gasteiger partial charge in [-0.15, -0.1) is 0 Å². The van der Waals surface area contributed by atoms with E-state index in [0.29, 0.717) is 17.9 Å². The number of carbonyl (C=O) groups excluding carboxylic acids is 1. The summed E-state index contributed by atoms with van der Waals surface area (Å²) in [7, 11) is 0. The summed E-state index contributed by atoms with van der Waals surface area (Å²) in [6.07, 6.45) is 0.351. The van der Waals surface area contributed by atoms with Crippen molar-refractivity contribution in [3.63, 3.8) is 0 Å². The number of nitrogens with zero attached hydrogens (tertiary/aromatic N) is 1. The van der Waals surface area contributed by atoms with Crippen molar-refractivity contribution >= 4 is 23.1 Å². The summed E-state index contributed by atoms with van der Waals surface area (Å²) in [6, 6.07) is 7.24. The van der Waals surface area contributed by atoms with Gasteiger partial charge in [-0.25, -0.2) is 4.98 Å². The third-order valence-corrected chi connectivity index (χ3v) is 3.01. The second kappa shape index (κ2) is 6.69. The Morgan fingerprint density at radius 3 is 3.05 bits per heavy atom. The summed E-state index contributed by atoms with van der Waals surface area (Å²) >= 11 is 1.57. The van der Waals surface area contributed by atoms with Crippen LogP contribution in [0.3, 0.4) is 0 Å². The van der Waals surface area contributed by atoms with Crippen LogP contribution in [0.4, 0.5) is 5.82 Å². The minimum Gasteiger partial charge on any atom is -0.320 e. The fourth-order valence-electron chi connectivity index (χ4n) is 1.48. The molecule has 0 atom stereocenters. The van der Waals surface area contributed by atoms with Crippen molar-refractivity contribution in [2.75, 3.05) is 11.9 Å². The first-order valence-corrected chi connectivity index (χ1v) is 6.69. The molecule has 2 rings (SSSR count). The number of pyridine rings is 1. The maximum absolute atomic E-state index is 11.8. The largest absolute Gasteiger partial charge is 0.320 e. The van der Waals surface area contributed by atoms with Gasteiger partial charge in [-0.05, 0) is 40.4 Å². The van der Waals surface area contributed by atoms with Crippen molar-refractivity contribution in [3.05, 3.63) is 46.3 Å². The average Bonchev–Trinajstić information content (AvgIpc) is 2.89. The number of hydrogen-bond acceptors (Lipinski definition) is 4. The molecule has 2 heterocycles. The molecule has 0 aliphatic heterocycles. The van der Waals surface area contributed by atoms with Gasteiger partial charge in [0, 0.05) is 0 Å². The average molecular weight is 271 g/mol. The van der Waals surface area contributed by atoms with Gasteiger partial charge < -0.3 is 11.1 Å². The minimum absolute atomic E-state index is 0.0881. The molecule has 0 aliphatic rings. The molecule has 0 fully saturated rings. The van der Waals surface area contributed by atoms with E-state index in [1.807, 2.05) is 16.8 Å². The lowest BCUT2D eigenvalue weighted by molar-refractivity contribution is -0.115. The number of carbonyl (C=O) groups is 1. The first kappa shape index (κ1) is 13.3. The van der Waals surface area contributed by atoms with Gasteiger partial charge in [-0.1, -0.05) is 12.0 Å². The summed E-state index contributed by atoms with van der Waals surface area (Å²) in [6.45, 7) is 0.288. The van der Waals surface area contributed by atoms with Gasteiger partial charge >= 0.3 is 0 Å². The van der Waals surface area contributed by atoms with Gasteiger partial charge in [0.05, 0.1) is 13.0 Å². The molecule has 0 radical (unpaired) electrons. The van der Waals surface area contributed by atoms with E-state index in [2.05, 4.69) is 22.1 Å². The van der Waals surface area contributed by atoms with Gasteiger partial charge in [0.15, 0.2) is 0 Å². The van der Waals surface area contributed by atoms with Crippen LogP contribution in [0.5, 0.6) is 0 Å². The number of thiophene rings is 1. The van der Waals surface area contributed by atoms with Gasteiger partial charge in [0.1, 0.15) is 11.5 Å². The summed E-state index contributed by atoms with van der Waals surface area (Å²) in [5.74, 6) is 5.97. The highest BCUT2D eigenvalue weighted by molar-refractivity contribution is 7.08. The van der Waals surface area contributed by atoms with E-state index in [9.17, 15) is 4.79 Å². The Kier molecular flexibility index (Phi) is 4.67. The molecule has 5 heteroatoms. The number of nitrogens with one attached hydrogen (secondary N) is 1. The van der Waals surface area contributed by atoms with Crippen molar-refractivity contribution < 1.29 is 4.79 Å². The Hall–Kier alpha value is -2.16. The zero-order chi connectivity index (χ0) is 13.5. The predicted molar refractivity (Wildman–Crippen MR) is 76.8 cm³/mol. The monoisotopic (exact) mass is 271 g/mol. The van der Waals surface area contributed by atoms with Crippen LogP contribution in [0.15, 0.2) is 35.0 Å². The molecule has 2 aromatic heterocycles. The molecule has 0 spiro atoms. The number of nitrogens with two attached hydrogens (primary N) is 1. The van der Waals surface area contributed by atoms with Crippen LogP contribution in [-0.2, 0) is 11.2 Å². The first-order chi connectivity index (χ1) is 9.28. The molecule has 0 saturated carbocycles. The van der Waals surface area contributed by atoms with Crippen LogP contribution in [-0.4, -0.2) is 17.4 Å². The molecule has 0 aliphatic carbocycles. The molecule has 0 unspecified atom stereocenters. The lowest BCUT2D eigenvalue weighted by atomic mass is 10.2. The summed E-state index contributed by atoms with van der Waals surface area (Å²) < 4.78 is 0. The van der Waals surface area contributed by atoms with Crippen molar-refractivity contribution in [2.24, 2.45) is 5.73 Å². The van der Waals surface area contributed by atoms with Crippen LogP contribution in [0, 0.1) is 11.8 Å². The second-order valence-corrected chi connectivity index (χ2v) is 4.55. The number of anilines is 1. The van der Waals surface area contributed by atoms with E-state index in [0.717, 1.165) is 5.56 Å². The zero-order valence-electron chi connectivity index (χ0n) is 10.2. The highest BCUT2D eigenvalue weighted by Gasteiger charge is 2.05. The maximum Gasteiger partial charge on any atom is 0.229 e. The van der Waals surface area contributed by atoms with E-state index in [1.165, 1.54) is 0 Å². The van der Waals surface area contributed by atoms with Crippen LogP contribution in [0.1, 0.15) is 11.3 Å². The molecule has 2 aromatic rings. The Labute approximate surface area is 115 Å². The van der Waals surface area contributed by atoms with Crippen LogP contribution in [0.2, 0.25) is 0 Å². The lowest BCUT2D eigenvalue weighted by Gasteiger charge is -2.03. The molecular formula is C14H13N3OS. The SMILES string of the molecule is NCC#Cc1cccc(NC(=O)Cc2ccsc2)n1. The predicted octanol–water partition coefficient (Wildman–Crippen LogP) is 1.63. The maximum atomic E-state index is 11.8. The van der Waals surface area contributed by atoms with E-state index < -0.39 is 0 Å². The first-order valence-electron chi connectivity index (χ1n) is 5.75. The van der Waals surface area contributed by atoms with Gasteiger partial charge in [0.2, 0.25) is 5.91 Å². The smallest absolute Gasteiger partial charge is 0.229 e. The molecule has 3 N–H and O–H groups in total. The topological polar surface area (TPSA) is 68.0 Å². The number of rotatable bonds is 3. The van der Waals surface area contributed by atoms with E-state index >= 15 is 0 Å². The molecule has 0 saturated heterocycles. The number of amides is 1. The Balaban J connectivity index is 2.00. The van der Waals surface area contributed by atoms with Crippen molar-refractivity contribution in [2.45, 2.75) is 6.42 Å². The Morgan fingerprint density at radius 2 is 2.32 bits per heavy atom. The summed E-state index contributed by atoms with van der Waals surface area (Å²) in [5.41, 5.74) is 6.90. The van der Waals surface area contributed by atoms with Crippen molar-refractivity contribution in [1.82, 2.24) is 4.98 Å². The van der Waals surface area contributed by atoms with E-state index in [4.69, 9.17) is 5.73 Å². The quantitative estimate of drug-likeness (QED) is 0.834. The van der Waals surface area contributed by atoms with Gasteiger partial charge in [-0.3, -0.25) is 4.79 Å². The van der Waals surface area contributed by atoms with Crippen molar-refractivity contribution in [1.29, 1.82) is 0 Å². The highest BCUT2D eigenvalue weighted by Crippen LogP contribution is 2.09. The highest BCUT2D eigenvalue weighted by atomic mass is 32.1. The van der Waals surface area contributed by atoms with Gasteiger partial charge in [0.25, 0.3) is 0 Å². The van der Waals surface area contributed by atoms with E-state index in [1.54, 1.807) is 29.5 Å². The standard InChI is InChI=1S/C14H13N3OS/c15-7-2-4-12-3-1-5-13(16-12)17-14(18)9-11-6-8-19-10-11/h1,3,5-6,8,10H,7,9,15H2,(H,16,17,18). The van der Waals surface area contributed by atoms with Crippen LogP contribution in [0.25, 0.3) is 0 Å². The number of aromatic nitrogens is 1. The molecule has 96 valence electrons. The molecular weight excluding hydrogens is 258 g/mol. The van der Waals surface area contributed by atoms with E-state index in [-0.39, 0.29) is 12.5 Å². The molecule has 4 nitrogen and oxygen atoms in total. The molecule has 0 bridgehead atoms. The van der Waals surface area contributed by atoms with Crippen LogP contribution >= 0.6 is 11.3 Å². The molecule has 19 heavy (non-hydrogen) atoms. The summed E-state index contributed by atoms with van der Waals surface area (Å²) in [5, 5.41) is 6.66. The summed E-state index contributed by atoms with van der Waals surface area (Å²) in [4.78, 5) is 16.0. The molecule has 0 aromatic carbocycles. The fourth-order valence-corrected chi connectivity index (χ4v) is 2.15. The van der Waals surface area contributed by atoms with Crippen molar-refractivity contribution in [3.8, 4) is 11.8 Å². The lowest BCUT2D eigenvalue weighted by Crippen LogP contribution is -2.15.